The van der Waals surface area contributed by atoms with Gasteiger partial charge in [0.15, 0.2) is 0 Å². The molecule has 4 nitrogen and oxygen atoms in total. The molecule has 1 saturated heterocycles. The van der Waals surface area contributed by atoms with Crippen molar-refractivity contribution in [2.45, 2.75) is 32.5 Å². The summed E-state index contributed by atoms with van der Waals surface area (Å²) in [5, 5.41) is 0. The summed E-state index contributed by atoms with van der Waals surface area (Å²) in [5.41, 5.74) is 1.37. The van der Waals surface area contributed by atoms with Crippen LogP contribution in [-0.4, -0.2) is 22.8 Å². The van der Waals surface area contributed by atoms with Gasteiger partial charge in [-0.3, -0.25) is 9.69 Å². The minimum atomic E-state index is -0.676. The van der Waals surface area contributed by atoms with E-state index in [1.165, 1.54) is 0 Å². The van der Waals surface area contributed by atoms with Crippen molar-refractivity contribution in [3.63, 3.8) is 0 Å². The molecule has 1 amide bonds. The fourth-order valence-electron chi connectivity index (χ4n) is 3.03. The Morgan fingerprint density at radius 1 is 1.08 bits per heavy atom. The normalized spacial score (nSPS) is 21.4. The SMILES string of the molecule is CC[C@H](C)[C@H]1C(=O)O[C@@H](c2ccccc2)N1C(=O)c1ccccc1. The molecular formula is C20H21NO3. The number of carbonyl (C=O) groups excluding carboxylic acids is 2. The fourth-order valence-corrected chi connectivity index (χ4v) is 3.03. The van der Waals surface area contributed by atoms with Gasteiger partial charge in [0.1, 0.15) is 6.04 Å². The highest BCUT2D eigenvalue weighted by molar-refractivity contribution is 5.98. The van der Waals surface area contributed by atoms with Crippen molar-refractivity contribution in [2.24, 2.45) is 5.92 Å². The minimum absolute atomic E-state index is 0.0267. The number of nitrogens with zero attached hydrogens (tertiary/aromatic N) is 1. The molecule has 3 atom stereocenters. The predicted molar refractivity (Wildman–Crippen MR) is 91.1 cm³/mol. The fraction of sp³-hybridized carbons (Fsp3) is 0.300. The van der Waals surface area contributed by atoms with Crippen molar-refractivity contribution in [1.29, 1.82) is 0 Å². The summed E-state index contributed by atoms with van der Waals surface area (Å²) in [7, 11) is 0. The molecule has 1 aliphatic rings. The van der Waals surface area contributed by atoms with Crippen LogP contribution in [-0.2, 0) is 9.53 Å². The lowest BCUT2D eigenvalue weighted by molar-refractivity contribution is -0.143. The number of ether oxygens (including phenoxy) is 1. The molecule has 0 N–H and O–H groups in total. The van der Waals surface area contributed by atoms with Gasteiger partial charge in [0.2, 0.25) is 6.23 Å². The van der Waals surface area contributed by atoms with Crippen LogP contribution in [0.3, 0.4) is 0 Å². The summed E-state index contributed by atoms with van der Waals surface area (Å²) in [6.45, 7) is 3.99. The van der Waals surface area contributed by atoms with Crippen LogP contribution in [0.2, 0.25) is 0 Å². The van der Waals surface area contributed by atoms with Crippen LogP contribution in [0.5, 0.6) is 0 Å². The molecule has 3 rings (SSSR count). The van der Waals surface area contributed by atoms with Crippen molar-refractivity contribution in [2.75, 3.05) is 0 Å². The molecule has 1 aliphatic heterocycles. The average molecular weight is 323 g/mol. The van der Waals surface area contributed by atoms with Gasteiger partial charge in [-0.15, -0.1) is 0 Å². The molecule has 124 valence electrons. The van der Waals surface area contributed by atoms with Gasteiger partial charge < -0.3 is 4.74 Å². The standard InChI is InChI=1S/C20H21NO3/c1-3-14(2)17-20(23)24-19(16-12-8-5-9-13-16)21(17)18(22)15-10-6-4-7-11-15/h4-14,17,19H,3H2,1-2H3/t14-,17-,19-/m0/s1. The van der Waals surface area contributed by atoms with Crippen LogP contribution < -0.4 is 0 Å². The molecular weight excluding hydrogens is 302 g/mol. The van der Waals surface area contributed by atoms with Gasteiger partial charge in [0.05, 0.1) is 0 Å². The van der Waals surface area contributed by atoms with Gasteiger partial charge in [-0.2, -0.15) is 0 Å². The molecule has 2 aromatic carbocycles. The van der Waals surface area contributed by atoms with Gasteiger partial charge in [-0.1, -0.05) is 68.8 Å². The molecule has 1 fully saturated rings. The van der Waals surface area contributed by atoms with E-state index < -0.39 is 12.3 Å². The lowest BCUT2D eigenvalue weighted by atomic mass is 9.97. The van der Waals surface area contributed by atoms with Crippen LogP contribution in [0.1, 0.15) is 42.4 Å². The molecule has 0 radical (unpaired) electrons. The topological polar surface area (TPSA) is 46.6 Å². The van der Waals surface area contributed by atoms with Crippen molar-refractivity contribution >= 4 is 11.9 Å². The first-order valence-electron chi connectivity index (χ1n) is 8.26. The Morgan fingerprint density at radius 3 is 2.25 bits per heavy atom. The summed E-state index contributed by atoms with van der Waals surface area (Å²) in [5.74, 6) is -0.484. The summed E-state index contributed by atoms with van der Waals surface area (Å²) in [4.78, 5) is 27.2. The van der Waals surface area contributed by atoms with E-state index >= 15 is 0 Å². The van der Waals surface area contributed by atoms with E-state index in [9.17, 15) is 9.59 Å². The third-order valence-electron chi connectivity index (χ3n) is 4.54. The summed E-state index contributed by atoms with van der Waals surface area (Å²) in [6, 6.07) is 17.9. The van der Waals surface area contributed by atoms with E-state index in [2.05, 4.69) is 0 Å². The maximum atomic E-state index is 13.1. The number of hydrogen-bond acceptors (Lipinski definition) is 3. The zero-order chi connectivity index (χ0) is 17.1. The van der Waals surface area contributed by atoms with Crippen LogP contribution in [0.4, 0.5) is 0 Å². The van der Waals surface area contributed by atoms with E-state index in [1.54, 1.807) is 17.0 Å². The number of rotatable bonds is 4. The van der Waals surface area contributed by atoms with E-state index in [1.807, 2.05) is 62.4 Å². The first-order valence-corrected chi connectivity index (χ1v) is 8.26. The van der Waals surface area contributed by atoms with Crippen molar-refractivity contribution < 1.29 is 14.3 Å². The van der Waals surface area contributed by atoms with Crippen LogP contribution in [0, 0.1) is 5.92 Å². The molecule has 0 aromatic heterocycles. The highest BCUT2D eigenvalue weighted by Crippen LogP contribution is 2.36. The predicted octanol–water partition coefficient (Wildman–Crippen LogP) is 3.80. The Kier molecular flexibility index (Phi) is 4.65. The van der Waals surface area contributed by atoms with E-state index in [-0.39, 0.29) is 17.8 Å². The third kappa shape index (κ3) is 2.92. The first-order chi connectivity index (χ1) is 11.6. The van der Waals surface area contributed by atoms with Gasteiger partial charge in [0, 0.05) is 11.1 Å². The van der Waals surface area contributed by atoms with E-state index in [0.29, 0.717) is 5.56 Å². The third-order valence-corrected chi connectivity index (χ3v) is 4.54. The molecule has 1 heterocycles. The molecule has 24 heavy (non-hydrogen) atoms. The number of cyclic esters (lactones) is 1. The number of carbonyl (C=O) groups is 2. The van der Waals surface area contributed by atoms with Gasteiger partial charge >= 0.3 is 5.97 Å². The maximum Gasteiger partial charge on any atom is 0.331 e. The molecule has 4 heteroatoms. The first kappa shape index (κ1) is 16.2. The number of hydrogen-bond donors (Lipinski definition) is 0. The number of amides is 1. The zero-order valence-corrected chi connectivity index (χ0v) is 13.9. The molecule has 0 saturated carbocycles. The van der Waals surface area contributed by atoms with Crippen LogP contribution >= 0.6 is 0 Å². The largest absolute Gasteiger partial charge is 0.435 e. The molecule has 0 spiro atoms. The second-order valence-corrected chi connectivity index (χ2v) is 6.11. The van der Waals surface area contributed by atoms with Crippen molar-refractivity contribution in [3.8, 4) is 0 Å². The summed E-state index contributed by atoms with van der Waals surface area (Å²) < 4.78 is 5.60. The number of benzene rings is 2. The minimum Gasteiger partial charge on any atom is -0.435 e. The molecule has 0 unspecified atom stereocenters. The Labute approximate surface area is 142 Å². The smallest absolute Gasteiger partial charge is 0.331 e. The Bertz CT molecular complexity index is 714. The Balaban J connectivity index is 2.03. The second kappa shape index (κ2) is 6.87. The molecule has 0 bridgehead atoms. The quantitative estimate of drug-likeness (QED) is 0.804. The lowest BCUT2D eigenvalue weighted by Gasteiger charge is -2.29. The highest BCUT2D eigenvalue weighted by Gasteiger charge is 2.47. The lowest BCUT2D eigenvalue weighted by Crippen LogP contribution is -2.43. The summed E-state index contributed by atoms with van der Waals surface area (Å²) in [6.07, 6.45) is 0.116. The maximum absolute atomic E-state index is 13.1. The Morgan fingerprint density at radius 2 is 1.67 bits per heavy atom. The van der Waals surface area contributed by atoms with Crippen LogP contribution in [0.15, 0.2) is 60.7 Å². The van der Waals surface area contributed by atoms with Crippen LogP contribution in [0.25, 0.3) is 0 Å². The van der Waals surface area contributed by atoms with Gasteiger partial charge in [-0.05, 0) is 18.1 Å². The zero-order valence-electron chi connectivity index (χ0n) is 13.9. The molecule has 0 aliphatic carbocycles. The second-order valence-electron chi connectivity index (χ2n) is 6.11. The average Bonchev–Trinajstić information content (AvgIpc) is 2.99. The molecule has 2 aromatic rings. The van der Waals surface area contributed by atoms with Gasteiger partial charge in [-0.25, -0.2) is 4.79 Å². The van der Waals surface area contributed by atoms with Gasteiger partial charge in [0.25, 0.3) is 5.91 Å². The monoisotopic (exact) mass is 323 g/mol. The number of esters is 1. The van der Waals surface area contributed by atoms with E-state index in [4.69, 9.17) is 4.74 Å². The van der Waals surface area contributed by atoms with E-state index in [0.717, 1.165) is 12.0 Å². The highest BCUT2D eigenvalue weighted by atomic mass is 16.6. The van der Waals surface area contributed by atoms with Crippen molar-refractivity contribution in [1.82, 2.24) is 4.90 Å². The Hall–Kier alpha value is -2.62. The summed E-state index contributed by atoms with van der Waals surface area (Å²) >= 11 is 0. The van der Waals surface area contributed by atoms with Crippen molar-refractivity contribution in [3.05, 3.63) is 71.8 Å².